The Balaban J connectivity index is 0.000000196. The van der Waals surface area contributed by atoms with Gasteiger partial charge in [0.15, 0.2) is 11.5 Å². The van der Waals surface area contributed by atoms with Crippen LogP contribution in [0.3, 0.4) is 0 Å². The molecule has 3 aromatic rings. The van der Waals surface area contributed by atoms with E-state index in [1.807, 2.05) is 30.5 Å². The molecular weight excluding hydrogens is 336 g/mol. The average Bonchev–Trinajstić information content (AvgIpc) is 2.67. The first-order chi connectivity index (χ1) is 12.1. The van der Waals surface area contributed by atoms with E-state index in [-0.39, 0.29) is 0 Å². The Kier molecular flexibility index (Phi) is 6.43. The van der Waals surface area contributed by atoms with Gasteiger partial charge in [-0.2, -0.15) is 5.26 Å². The zero-order valence-electron chi connectivity index (χ0n) is 14.2. The summed E-state index contributed by atoms with van der Waals surface area (Å²) in [5.41, 5.74) is 7.18. The van der Waals surface area contributed by atoms with Gasteiger partial charge in [-0.1, -0.05) is 0 Å². The second kappa shape index (κ2) is 8.76. The number of nitrogens with zero attached hydrogens (tertiary/aromatic N) is 3. The van der Waals surface area contributed by atoms with E-state index in [0.29, 0.717) is 17.3 Å². The number of ether oxygens (including phenoxy) is 2. The molecule has 0 atom stereocenters. The van der Waals surface area contributed by atoms with Gasteiger partial charge in [-0.25, -0.2) is 9.97 Å². The van der Waals surface area contributed by atoms with E-state index in [9.17, 15) is 0 Å². The molecule has 128 valence electrons. The van der Waals surface area contributed by atoms with Gasteiger partial charge < -0.3 is 15.2 Å². The van der Waals surface area contributed by atoms with Crippen LogP contribution in [-0.4, -0.2) is 30.4 Å². The molecule has 0 aliphatic heterocycles. The van der Waals surface area contributed by atoms with Crippen molar-refractivity contribution < 1.29 is 9.47 Å². The number of rotatable bonds is 3. The van der Waals surface area contributed by atoms with Crippen molar-refractivity contribution in [3.8, 4) is 17.6 Å². The molecule has 0 saturated carbocycles. The maximum absolute atomic E-state index is 8.44. The largest absolute Gasteiger partial charge is 0.493 e. The van der Waals surface area contributed by atoms with Gasteiger partial charge in [0.2, 0.25) is 0 Å². The number of anilines is 1. The number of fused-ring (bicyclic) bond motifs is 1. The van der Waals surface area contributed by atoms with Crippen LogP contribution in [0.15, 0.2) is 47.6 Å². The van der Waals surface area contributed by atoms with Crippen molar-refractivity contribution in [1.82, 2.24) is 9.97 Å². The fourth-order valence-corrected chi connectivity index (χ4v) is 2.48. The summed E-state index contributed by atoms with van der Waals surface area (Å²) in [5, 5.41) is 9.20. The number of nitriles is 1. The van der Waals surface area contributed by atoms with Crippen molar-refractivity contribution in [3.05, 3.63) is 48.3 Å². The first-order valence-electron chi connectivity index (χ1n) is 7.29. The van der Waals surface area contributed by atoms with Crippen molar-refractivity contribution in [2.24, 2.45) is 0 Å². The van der Waals surface area contributed by atoms with Crippen molar-refractivity contribution >= 4 is 28.5 Å². The van der Waals surface area contributed by atoms with Crippen LogP contribution in [0.5, 0.6) is 11.5 Å². The Hall–Kier alpha value is -2.98. The first-order valence-corrected chi connectivity index (χ1v) is 8.51. The van der Waals surface area contributed by atoms with Crippen LogP contribution in [0.2, 0.25) is 0 Å². The highest BCUT2D eigenvalue weighted by Crippen LogP contribution is 2.32. The fraction of sp³-hybridized carbons (Fsp3) is 0.167. The molecule has 25 heavy (non-hydrogen) atoms. The normalized spacial score (nSPS) is 9.68. The van der Waals surface area contributed by atoms with Crippen LogP contribution >= 0.6 is 11.8 Å². The standard InChI is InChI=1S/C10H11N3O2.C8H7NS/c1-14-8-3-6-7(4-9(8)15-2)12-5-13-10(6)11;1-10-8-4-2-7(6-9)3-5-8/h3-5H,1-2H3,(H2,11,12,13);2-5H,1H3. The number of thioether (sulfide) groups is 1. The van der Waals surface area contributed by atoms with Crippen molar-refractivity contribution in [2.75, 3.05) is 26.2 Å². The summed E-state index contributed by atoms with van der Waals surface area (Å²) in [4.78, 5) is 9.20. The van der Waals surface area contributed by atoms with Crippen LogP contribution in [0, 0.1) is 11.3 Å². The number of hydrogen-bond donors (Lipinski definition) is 1. The maximum Gasteiger partial charge on any atom is 0.162 e. The van der Waals surface area contributed by atoms with Gasteiger partial charge in [0.05, 0.1) is 31.4 Å². The highest BCUT2D eigenvalue weighted by Gasteiger charge is 2.08. The highest BCUT2D eigenvalue weighted by molar-refractivity contribution is 7.98. The van der Waals surface area contributed by atoms with E-state index in [1.165, 1.54) is 11.2 Å². The van der Waals surface area contributed by atoms with Crippen LogP contribution in [0.4, 0.5) is 5.82 Å². The molecule has 0 unspecified atom stereocenters. The molecule has 1 aromatic heterocycles. The molecule has 7 heteroatoms. The monoisotopic (exact) mass is 354 g/mol. The van der Waals surface area contributed by atoms with E-state index in [0.717, 1.165) is 16.5 Å². The lowest BCUT2D eigenvalue weighted by Crippen LogP contribution is -1.96. The molecule has 6 nitrogen and oxygen atoms in total. The van der Waals surface area contributed by atoms with Gasteiger partial charge in [0.25, 0.3) is 0 Å². The Morgan fingerprint density at radius 2 is 1.68 bits per heavy atom. The topological polar surface area (TPSA) is 94.1 Å². The first kappa shape index (κ1) is 18.4. The number of methoxy groups -OCH3 is 2. The Morgan fingerprint density at radius 1 is 1.04 bits per heavy atom. The van der Waals surface area contributed by atoms with Gasteiger partial charge in [-0.15, -0.1) is 11.8 Å². The molecule has 0 amide bonds. The molecule has 3 rings (SSSR count). The minimum absolute atomic E-state index is 0.431. The Labute approximate surface area is 150 Å². The smallest absolute Gasteiger partial charge is 0.162 e. The second-order valence-corrected chi connectivity index (χ2v) is 5.70. The van der Waals surface area contributed by atoms with E-state index in [4.69, 9.17) is 20.5 Å². The minimum Gasteiger partial charge on any atom is -0.493 e. The third-order valence-corrected chi connectivity index (χ3v) is 4.13. The molecule has 2 aromatic carbocycles. The fourth-order valence-electron chi connectivity index (χ4n) is 2.07. The zero-order chi connectivity index (χ0) is 18.2. The molecule has 1 heterocycles. The van der Waals surface area contributed by atoms with Crippen LogP contribution < -0.4 is 15.2 Å². The Bertz CT molecular complexity index is 892. The number of hydrogen-bond acceptors (Lipinski definition) is 7. The van der Waals surface area contributed by atoms with Gasteiger partial charge in [0.1, 0.15) is 12.1 Å². The molecule has 0 bridgehead atoms. The summed E-state index contributed by atoms with van der Waals surface area (Å²) in [7, 11) is 3.15. The predicted octanol–water partition coefficient (Wildman–Crippen LogP) is 3.51. The summed E-state index contributed by atoms with van der Waals surface area (Å²) in [6.07, 6.45) is 3.44. The zero-order valence-corrected chi connectivity index (χ0v) is 15.0. The van der Waals surface area contributed by atoms with Gasteiger partial charge in [0, 0.05) is 16.3 Å². The lowest BCUT2D eigenvalue weighted by atomic mass is 10.2. The second-order valence-electron chi connectivity index (χ2n) is 4.82. The molecular formula is C18H18N4O2S. The lowest BCUT2D eigenvalue weighted by molar-refractivity contribution is 0.356. The van der Waals surface area contributed by atoms with E-state index >= 15 is 0 Å². The number of benzene rings is 2. The van der Waals surface area contributed by atoms with E-state index in [1.54, 1.807) is 38.1 Å². The minimum atomic E-state index is 0.431. The quantitative estimate of drug-likeness (QED) is 0.719. The molecule has 2 N–H and O–H groups in total. The summed E-state index contributed by atoms with van der Waals surface area (Å²) in [6.45, 7) is 0. The molecule has 0 spiro atoms. The Morgan fingerprint density at radius 3 is 2.24 bits per heavy atom. The van der Waals surface area contributed by atoms with Gasteiger partial charge in [-0.05, 0) is 36.6 Å². The highest BCUT2D eigenvalue weighted by atomic mass is 32.2. The predicted molar refractivity (Wildman–Crippen MR) is 100.0 cm³/mol. The van der Waals surface area contributed by atoms with Crippen LogP contribution in [-0.2, 0) is 0 Å². The summed E-state index contributed by atoms with van der Waals surface area (Å²) < 4.78 is 10.3. The molecule has 0 aliphatic rings. The molecule has 0 aliphatic carbocycles. The summed E-state index contributed by atoms with van der Waals surface area (Å²) in [6, 6.07) is 13.2. The average molecular weight is 354 g/mol. The SMILES string of the molecule is COc1cc2ncnc(N)c2cc1OC.CSc1ccc(C#N)cc1. The van der Waals surface area contributed by atoms with E-state index in [2.05, 4.69) is 16.0 Å². The molecule has 0 saturated heterocycles. The summed E-state index contributed by atoms with van der Waals surface area (Å²) in [5.74, 6) is 1.68. The maximum atomic E-state index is 8.44. The van der Waals surface area contributed by atoms with Crippen LogP contribution in [0.25, 0.3) is 10.9 Å². The van der Waals surface area contributed by atoms with E-state index < -0.39 is 0 Å². The van der Waals surface area contributed by atoms with Crippen molar-refractivity contribution in [2.45, 2.75) is 4.90 Å². The third kappa shape index (κ3) is 4.52. The van der Waals surface area contributed by atoms with Gasteiger partial charge in [-0.3, -0.25) is 0 Å². The number of nitrogens with two attached hydrogens (primary N) is 1. The number of nitrogen functional groups attached to an aromatic ring is 1. The number of aromatic nitrogens is 2. The lowest BCUT2D eigenvalue weighted by Gasteiger charge is -2.08. The molecule has 0 fully saturated rings. The van der Waals surface area contributed by atoms with Crippen LogP contribution in [0.1, 0.15) is 5.56 Å². The third-order valence-electron chi connectivity index (χ3n) is 3.39. The molecule has 0 radical (unpaired) electrons. The van der Waals surface area contributed by atoms with Crippen molar-refractivity contribution in [3.63, 3.8) is 0 Å². The van der Waals surface area contributed by atoms with Crippen molar-refractivity contribution in [1.29, 1.82) is 5.26 Å². The summed E-state index contributed by atoms with van der Waals surface area (Å²) >= 11 is 1.68. The van der Waals surface area contributed by atoms with Gasteiger partial charge >= 0.3 is 0 Å².